The van der Waals surface area contributed by atoms with Crippen LogP contribution in [0.4, 0.5) is 5.13 Å². The van der Waals surface area contributed by atoms with Gasteiger partial charge in [0.2, 0.25) is 11.0 Å². The fourth-order valence-corrected chi connectivity index (χ4v) is 3.86. The van der Waals surface area contributed by atoms with E-state index in [4.69, 9.17) is 16.3 Å². The number of aromatic nitrogens is 2. The van der Waals surface area contributed by atoms with Crippen molar-refractivity contribution in [1.29, 1.82) is 0 Å². The quantitative estimate of drug-likeness (QED) is 0.782. The minimum Gasteiger partial charge on any atom is -0.375 e. The van der Waals surface area contributed by atoms with Crippen LogP contribution in [0.3, 0.4) is 0 Å². The van der Waals surface area contributed by atoms with Crippen LogP contribution in [-0.4, -0.2) is 48.6 Å². The van der Waals surface area contributed by atoms with Crippen LogP contribution in [0.1, 0.15) is 24.2 Å². The number of nitrogens with zero attached hydrogens (tertiary/aromatic N) is 3. The molecule has 3 rings (SSSR count). The topological polar surface area (TPSA) is 67.3 Å². The van der Waals surface area contributed by atoms with Gasteiger partial charge < -0.3 is 15.0 Å². The summed E-state index contributed by atoms with van der Waals surface area (Å²) in [5, 5.41) is 4.65. The summed E-state index contributed by atoms with van der Waals surface area (Å²) in [5.74, 6) is 1.31. The molecular weight excluding hydrogens is 372 g/mol. The van der Waals surface area contributed by atoms with Crippen molar-refractivity contribution in [3.63, 3.8) is 0 Å². The summed E-state index contributed by atoms with van der Waals surface area (Å²) in [4.78, 5) is 18.4. The summed E-state index contributed by atoms with van der Waals surface area (Å²) < 4.78 is 9.32. The zero-order chi connectivity index (χ0) is 18.4. The number of rotatable bonds is 7. The molecule has 1 fully saturated rings. The third kappa shape index (κ3) is 5.40. The van der Waals surface area contributed by atoms with Gasteiger partial charge in [-0.2, -0.15) is 4.37 Å². The Kier molecular flexibility index (Phi) is 6.82. The Morgan fingerprint density at radius 1 is 1.35 bits per heavy atom. The smallest absolute Gasteiger partial charge is 0.245 e. The molecule has 1 saturated heterocycles. The van der Waals surface area contributed by atoms with Crippen molar-refractivity contribution >= 4 is 34.2 Å². The third-order valence-corrected chi connectivity index (χ3v) is 5.55. The summed E-state index contributed by atoms with van der Waals surface area (Å²) in [7, 11) is 1.53. The lowest BCUT2D eigenvalue weighted by atomic mass is 9.97. The third-order valence-electron chi connectivity index (χ3n) is 4.48. The molecule has 2 heterocycles. The first-order valence-corrected chi connectivity index (χ1v) is 9.87. The zero-order valence-corrected chi connectivity index (χ0v) is 16.4. The van der Waals surface area contributed by atoms with Gasteiger partial charge in [-0.25, -0.2) is 4.98 Å². The van der Waals surface area contributed by atoms with Crippen molar-refractivity contribution in [2.24, 2.45) is 5.92 Å². The van der Waals surface area contributed by atoms with Crippen molar-refractivity contribution in [2.45, 2.75) is 19.3 Å². The lowest BCUT2D eigenvalue weighted by Gasteiger charge is -2.31. The second-order valence-corrected chi connectivity index (χ2v) is 7.63. The largest absolute Gasteiger partial charge is 0.375 e. The molecular formula is C18H23ClN4O2S. The van der Waals surface area contributed by atoms with Crippen LogP contribution < -0.4 is 10.2 Å². The van der Waals surface area contributed by atoms with Gasteiger partial charge in [0.15, 0.2) is 0 Å². The fraction of sp³-hybridized carbons (Fsp3) is 0.500. The van der Waals surface area contributed by atoms with E-state index in [0.29, 0.717) is 12.5 Å². The van der Waals surface area contributed by atoms with E-state index in [1.165, 1.54) is 18.6 Å². The molecule has 0 aliphatic carbocycles. The summed E-state index contributed by atoms with van der Waals surface area (Å²) in [6.07, 6.45) is 2.80. The van der Waals surface area contributed by atoms with E-state index < -0.39 is 0 Å². The van der Waals surface area contributed by atoms with Crippen molar-refractivity contribution in [3.8, 4) is 0 Å². The Hall–Kier alpha value is -1.70. The molecule has 1 aromatic heterocycles. The number of halogens is 1. The molecule has 2 aromatic rings. The van der Waals surface area contributed by atoms with Crippen LogP contribution in [0.2, 0.25) is 5.02 Å². The molecule has 0 radical (unpaired) electrons. The highest BCUT2D eigenvalue weighted by molar-refractivity contribution is 7.09. The fourth-order valence-electron chi connectivity index (χ4n) is 3.00. The molecule has 1 aliphatic rings. The Bertz CT molecular complexity index is 714. The van der Waals surface area contributed by atoms with Gasteiger partial charge in [-0.3, -0.25) is 4.79 Å². The number of benzene rings is 1. The predicted octanol–water partition coefficient (Wildman–Crippen LogP) is 2.76. The first kappa shape index (κ1) is 19.1. The van der Waals surface area contributed by atoms with Gasteiger partial charge >= 0.3 is 0 Å². The van der Waals surface area contributed by atoms with Crippen LogP contribution in [0, 0.1) is 5.92 Å². The van der Waals surface area contributed by atoms with Gasteiger partial charge in [0.05, 0.1) is 0 Å². The number of nitrogens with one attached hydrogen (secondary N) is 1. The van der Waals surface area contributed by atoms with Gasteiger partial charge in [0.25, 0.3) is 0 Å². The molecule has 1 aromatic carbocycles. The maximum atomic E-state index is 11.5. The summed E-state index contributed by atoms with van der Waals surface area (Å²) in [6.45, 7) is 2.73. The Morgan fingerprint density at radius 3 is 2.77 bits per heavy atom. The molecule has 1 aliphatic heterocycles. The molecule has 8 heteroatoms. The maximum Gasteiger partial charge on any atom is 0.245 e. The standard InChI is InChI=1S/C18H23ClN4O2S/c1-25-12-17(24)20-11-14-6-8-23(9-7-14)18-21-16(22-26-18)10-13-2-4-15(19)5-3-13/h2-5,14H,6-12H2,1H3,(H,20,24). The lowest BCUT2D eigenvalue weighted by Crippen LogP contribution is -2.39. The van der Waals surface area contributed by atoms with Crippen LogP contribution in [0.15, 0.2) is 24.3 Å². The molecule has 1 N–H and O–H groups in total. The van der Waals surface area contributed by atoms with E-state index in [0.717, 1.165) is 53.9 Å². The normalized spacial score (nSPS) is 15.2. The first-order chi connectivity index (χ1) is 12.6. The van der Waals surface area contributed by atoms with Gasteiger partial charge in [0, 0.05) is 49.7 Å². The van der Waals surface area contributed by atoms with Crippen LogP contribution >= 0.6 is 23.1 Å². The summed E-state index contributed by atoms with van der Waals surface area (Å²) >= 11 is 7.38. The number of anilines is 1. The van der Waals surface area contributed by atoms with Gasteiger partial charge in [0.1, 0.15) is 12.4 Å². The molecule has 0 bridgehead atoms. The van der Waals surface area contributed by atoms with Gasteiger partial charge in [-0.1, -0.05) is 23.7 Å². The molecule has 0 atom stereocenters. The molecule has 140 valence electrons. The SMILES string of the molecule is COCC(=O)NCC1CCN(c2nc(Cc3ccc(Cl)cc3)ns2)CC1. The van der Waals surface area contributed by atoms with Crippen molar-refractivity contribution < 1.29 is 9.53 Å². The van der Waals surface area contributed by atoms with E-state index in [1.54, 1.807) is 0 Å². The first-order valence-electron chi connectivity index (χ1n) is 8.71. The van der Waals surface area contributed by atoms with Gasteiger partial charge in [-0.05, 0) is 36.5 Å². The number of methoxy groups -OCH3 is 1. The van der Waals surface area contributed by atoms with E-state index in [-0.39, 0.29) is 12.5 Å². The second kappa shape index (κ2) is 9.30. The number of amides is 1. The molecule has 26 heavy (non-hydrogen) atoms. The van der Waals surface area contributed by atoms with E-state index in [1.807, 2.05) is 24.3 Å². The van der Waals surface area contributed by atoms with Crippen molar-refractivity contribution in [2.75, 3.05) is 38.3 Å². The zero-order valence-electron chi connectivity index (χ0n) is 14.8. The molecule has 0 unspecified atom stereocenters. The van der Waals surface area contributed by atoms with Crippen LogP contribution in [0.25, 0.3) is 0 Å². The van der Waals surface area contributed by atoms with E-state index in [9.17, 15) is 4.79 Å². The second-order valence-electron chi connectivity index (χ2n) is 6.46. The monoisotopic (exact) mass is 394 g/mol. The summed E-state index contributed by atoms with van der Waals surface area (Å²) in [6, 6.07) is 7.79. The van der Waals surface area contributed by atoms with E-state index >= 15 is 0 Å². The van der Waals surface area contributed by atoms with Crippen LogP contribution in [-0.2, 0) is 16.0 Å². The number of piperidine rings is 1. The number of ether oxygens (including phenoxy) is 1. The van der Waals surface area contributed by atoms with Crippen molar-refractivity contribution in [1.82, 2.24) is 14.7 Å². The minimum absolute atomic E-state index is 0.0501. The molecule has 0 saturated carbocycles. The average molecular weight is 395 g/mol. The summed E-state index contributed by atoms with van der Waals surface area (Å²) in [5.41, 5.74) is 1.16. The molecule has 6 nitrogen and oxygen atoms in total. The molecule has 0 spiro atoms. The average Bonchev–Trinajstić information content (AvgIpc) is 3.11. The number of hydrogen-bond donors (Lipinski definition) is 1. The number of carbonyl (C=O) groups excluding carboxylic acids is 1. The van der Waals surface area contributed by atoms with Crippen LogP contribution in [0.5, 0.6) is 0 Å². The number of carbonyl (C=O) groups is 1. The van der Waals surface area contributed by atoms with Gasteiger partial charge in [-0.15, -0.1) is 0 Å². The molecule has 1 amide bonds. The predicted molar refractivity (Wildman–Crippen MR) is 104 cm³/mol. The Morgan fingerprint density at radius 2 is 2.08 bits per heavy atom. The minimum atomic E-state index is -0.0501. The Labute approximate surface area is 162 Å². The van der Waals surface area contributed by atoms with Crippen molar-refractivity contribution in [3.05, 3.63) is 40.7 Å². The highest BCUT2D eigenvalue weighted by Gasteiger charge is 2.22. The Balaban J connectivity index is 1.47. The number of hydrogen-bond acceptors (Lipinski definition) is 6. The van der Waals surface area contributed by atoms with E-state index in [2.05, 4.69) is 19.6 Å². The lowest BCUT2D eigenvalue weighted by molar-refractivity contribution is -0.124. The highest BCUT2D eigenvalue weighted by Crippen LogP contribution is 2.25. The highest BCUT2D eigenvalue weighted by atomic mass is 35.5. The maximum absolute atomic E-state index is 11.5.